The smallest absolute Gasteiger partial charge is 0.255 e. The van der Waals surface area contributed by atoms with Gasteiger partial charge in [-0.15, -0.1) is 0 Å². The third-order valence-electron chi connectivity index (χ3n) is 2.85. The first-order chi connectivity index (χ1) is 9.99. The summed E-state index contributed by atoms with van der Waals surface area (Å²) in [6.07, 6.45) is 1.59. The fourth-order valence-corrected chi connectivity index (χ4v) is 2.37. The Bertz CT molecular complexity index is 508. The van der Waals surface area contributed by atoms with Crippen LogP contribution < -0.4 is 5.32 Å². The highest BCUT2D eigenvalue weighted by atomic mass is 79.9. The van der Waals surface area contributed by atoms with Gasteiger partial charge in [-0.2, -0.15) is 0 Å². The van der Waals surface area contributed by atoms with Crippen LogP contribution in [-0.4, -0.2) is 36.3 Å². The number of hydrogen-bond acceptors (Lipinski definition) is 2. The van der Waals surface area contributed by atoms with Crippen LogP contribution in [0.2, 0.25) is 0 Å². The third-order valence-corrected chi connectivity index (χ3v) is 3.51. The Labute approximate surface area is 132 Å². The quantitative estimate of drug-likeness (QED) is 0.814. The Kier molecular flexibility index (Phi) is 7.36. The molecule has 0 unspecified atom stereocenters. The second-order valence-electron chi connectivity index (χ2n) is 4.70. The van der Waals surface area contributed by atoms with E-state index in [9.17, 15) is 14.0 Å². The van der Waals surface area contributed by atoms with Crippen LogP contribution in [0.4, 0.5) is 4.39 Å². The van der Waals surface area contributed by atoms with Crippen molar-refractivity contribution in [2.75, 3.05) is 19.6 Å². The van der Waals surface area contributed by atoms with Crippen molar-refractivity contribution in [3.05, 3.63) is 34.1 Å². The van der Waals surface area contributed by atoms with Crippen LogP contribution in [0, 0.1) is 5.82 Å². The number of carbonyl (C=O) groups excluding carboxylic acids is 2. The van der Waals surface area contributed by atoms with Gasteiger partial charge >= 0.3 is 0 Å². The summed E-state index contributed by atoms with van der Waals surface area (Å²) in [4.78, 5) is 25.7. The minimum absolute atomic E-state index is 0.0104. The molecule has 0 aliphatic carbocycles. The molecule has 1 N–H and O–H groups in total. The third kappa shape index (κ3) is 5.46. The first-order valence-electron chi connectivity index (χ1n) is 7.00. The minimum atomic E-state index is -0.416. The number of rotatable bonds is 7. The largest absolute Gasteiger partial charge is 0.355 e. The highest BCUT2D eigenvalue weighted by Gasteiger charge is 2.20. The molecule has 1 aromatic rings. The lowest BCUT2D eigenvalue weighted by Gasteiger charge is -2.22. The average Bonchev–Trinajstić information content (AvgIpc) is 2.44. The molecule has 116 valence electrons. The second kappa shape index (κ2) is 8.77. The zero-order chi connectivity index (χ0) is 15.8. The molecule has 0 atom stereocenters. The van der Waals surface area contributed by atoms with Crippen molar-refractivity contribution < 1.29 is 14.0 Å². The molecule has 21 heavy (non-hydrogen) atoms. The predicted octanol–water partition coefficient (Wildman–Crippen LogP) is 2.97. The van der Waals surface area contributed by atoms with Crippen LogP contribution in [0.15, 0.2) is 22.7 Å². The van der Waals surface area contributed by atoms with Crippen molar-refractivity contribution in [1.82, 2.24) is 10.2 Å². The first kappa shape index (κ1) is 17.6. The zero-order valence-electron chi connectivity index (χ0n) is 12.3. The molecule has 0 spiro atoms. The topological polar surface area (TPSA) is 49.4 Å². The summed E-state index contributed by atoms with van der Waals surface area (Å²) in [6.45, 7) is 4.97. The van der Waals surface area contributed by atoms with Gasteiger partial charge in [0.15, 0.2) is 0 Å². The molecule has 4 nitrogen and oxygen atoms in total. The van der Waals surface area contributed by atoms with E-state index in [0.29, 0.717) is 23.1 Å². The van der Waals surface area contributed by atoms with Gasteiger partial charge in [0.2, 0.25) is 5.91 Å². The van der Waals surface area contributed by atoms with Crippen LogP contribution in [0.25, 0.3) is 0 Å². The molecule has 0 heterocycles. The van der Waals surface area contributed by atoms with Crippen LogP contribution in [0.5, 0.6) is 0 Å². The minimum Gasteiger partial charge on any atom is -0.355 e. The number of hydrogen-bond donors (Lipinski definition) is 1. The first-order valence-corrected chi connectivity index (χ1v) is 7.79. The Morgan fingerprint density at radius 1 is 1.29 bits per heavy atom. The summed E-state index contributed by atoms with van der Waals surface area (Å²) in [5.74, 6) is -0.881. The van der Waals surface area contributed by atoms with Gasteiger partial charge in [0.25, 0.3) is 5.91 Å². The van der Waals surface area contributed by atoms with E-state index in [4.69, 9.17) is 0 Å². The molecule has 0 aliphatic rings. The molecule has 0 bridgehead atoms. The molecular weight excluding hydrogens is 339 g/mol. The maximum atomic E-state index is 13.1. The normalized spacial score (nSPS) is 10.3. The summed E-state index contributed by atoms with van der Waals surface area (Å²) in [5, 5.41) is 2.75. The van der Waals surface area contributed by atoms with Crippen molar-refractivity contribution in [3.8, 4) is 0 Å². The van der Waals surface area contributed by atoms with Gasteiger partial charge < -0.3 is 10.2 Å². The molecule has 0 aliphatic heterocycles. The number of nitrogens with one attached hydrogen (secondary N) is 1. The lowest BCUT2D eigenvalue weighted by molar-refractivity contribution is -0.121. The predicted molar refractivity (Wildman–Crippen MR) is 83.6 cm³/mol. The summed E-state index contributed by atoms with van der Waals surface area (Å²) < 4.78 is 13.5. The molecule has 0 saturated carbocycles. The Morgan fingerprint density at radius 2 is 2.00 bits per heavy atom. The Morgan fingerprint density at radius 3 is 2.57 bits per heavy atom. The SMILES string of the molecule is CCCNC(=O)CN(CCC)C(=O)c1ccc(F)cc1Br. The van der Waals surface area contributed by atoms with Crippen LogP contribution in [0.1, 0.15) is 37.0 Å². The molecule has 1 aromatic carbocycles. The summed E-state index contributed by atoms with van der Waals surface area (Å²) >= 11 is 3.19. The number of benzene rings is 1. The van der Waals surface area contributed by atoms with Crippen LogP contribution in [0.3, 0.4) is 0 Å². The van der Waals surface area contributed by atoms with Gasteiger partial charge in [0, 0.05) is 17.6 Å². The maximum absolute atomic E-state index is 13.1. The van der Waals surface area contributed by atoms with E-state index < -0.39 is 5.82 Å². The van der Waals surface area contributed by atoms with Crippen LogP contribution >= 0.6 is 15.9 Å². The Balaban J connectivity index is 2.83. The number of amides is 2. The number of nitrogens with zero attached hydrogens (tertiary/aromatic N) is 1. The van der Waals surface area contributed by atoms with Crippen molar-refractivity contribution in [2.24, 2.45) is 0 Å². The highest BCUT2D eigenvalue weighted by Crippen LogP contribution is 2.20. The van der Waals surface area contributed by atoms with E-state index in [1.165, 1.54) is 23.1 Å². The van der Waals surface area contributed by atoms with Crippen molar-refractivity contribution >= 4 is 27.7 Å². The number of halogens is 2. The fraction of sp³-hybridized carbons (Fsp3) is 0.467. The van der Waals surface area contributed by atoms with Gasteiger partial charge in [0.1, 0.15) is 5.82 Å². The summed E-state index contributed by atoms with van der Waals surface area (Å²) in [5.41, 5.74) is 0.355. The molecule has 0 fully saturated rings. The Hall–Kier alpha value is -1.43. The maximum Gasteiger partial charge on any atom is 0.255 e. The van der Waals surface area contributed by atoms with Crippen molar-refractivity contribution in [2.45, 2.75) is 26.7 Å². The van der Waals surface area contributed by atoms with E-state index >= 15 is 0 Å². The summed E-state index contributed by atoms with van der Waals surface area (Å²) in [6, 6.07) is 3.90. The van der Waals surface area contributed by atoms with E-state index in [0.717, 1.165) is 12.8 Å². The number of carbonyl (C=O) groups is 2. The molecule has 0 radical (unpaired) electrons. The van der Waals surface area contributed by atoms with Crippen LogP contribution in [-0.2, 0) is 4.79 Å². The van der Waals surface area contributed by atoms with Gasteiger partial charge in [-0.25, -0.2) is 4.39 Å². The van der Waals surface area contributed by atoms with Gasteiger partial charge in [-0.3, -0.25) is 9.59 Å². The van der Waals surface area contributed by atoms with E-state index in [-0.39, 0.29) is 18.4 Å². The molecule has 0 aromatic heterocycles. The zero-order valence-corrected chi connectivity index (χ0v) is 13.9. The average molecular weight is 359 g/mol. The lowest BCUT2D eigenvalue weighted by atomic mass is 10.2. The van der Waals surface area contributed by atoms with E-state index in [1.54, 1.807) is 0 Å². The fourth-order valence-electron chi connectivity index (χ4n) is 1.85. The summed E-state index contributed by atoms with van der Waals surface area (Å²) in [7, 11) is 0. The van der Waals surface area contributed by atoms with Gasteiger partial charge in [-0.1, -0.05) is 13.8 Å². The molecule has 6 heteroatoms. The second-order valence-corrected chi connectivity index (χ2v) is 5.56. The molecule has 1 rings (SSSR count). The monoisotopic (exact) mass is 358 g/mol. The van der Waals surface area contributed by atoms with Gasteiger partial charge in [0.05, 0.1) is 12.1 Å². The molecule has 0 saturated heterocycles. The van der Waals surface area contributed by atoms with E-state index in [2.05, 4.69) is 21.2 Å². The van der Waals surface area contributed by atoms with Gasteiger partial charge in [-0.05, 0) is 47.0 Å². The van der Waals surface area contributed by atoms with Crippen molar-refractivity contribution in [1.29, 1.82) is 0 Å². The lowest BCUT2D eigenvalue weighted by Crippen LogP contribution is -2.41. The highest BCUT2D eigenvalue weighted by molar-refractivity contribution is 9.10. The van der Waals surface area contributed by atoms with E-state index in [1.807, 2.05) is 13.8 Å². The standard InChI is InChI=1S/C15H20BrFN2O2/c1-3-7-18-14(20)10-19(8-4-2)15(21)12-6-5-11(17)9-13(12)16/h5-6,9H,3-4,7-8,10H2,1-2H3,(H,18,20). The molecular formula is C15H20BrFN2O2. The molecule has 2 amide bonds. The van der Waals surface area contributed by atoms with Crippen molar-refractivity contribution in [3.63, 3.8) is 0 Å².